The van der Waals surface area contributed by atoms with E-state index in [1.165, 1.54) is 23.5 Å². The van der Waals surface area contributed by atoms with Gasteiger partial charge in [-0.2, -0.15) is 5.26 Å². The number of halogens is 1. The van der Waals surface area contributed by atoms with Gasteiger partial charge in [0, 0.05) is 35.6 Å². The largest absolute Gasteiger partial charge is 0.330 e. The molecule has 4 heterocycles. The highest BCUT2D eigenvalue weighted by molar-refractivity contribution is 7.18. The molecule has 2 N–H and O–H groups in total. The molecule has 0 radical (unpaired) electrons. The minimum absolute atomic E-state index is 0.0135. The molecule has 2 aromatic heterocycles. The van der Waals surface area contributed by atoms with Crippen LogP contribution in [0.2, 0.25) is 0 Å². The van der Waals surface area contributed by atoms with Crippen molar-refractivity contribution in [2.45, 2.75) is 37.4 Å². The average Bonchev–Trinajstić information content (AvgIpc) is 3.60. The lowest BCUT2D eigenvalue weighted by Gasteiger charge is -2.22. The van der Waals surface area contributed by atoms with Crippen LogP contribution in [0.4, 0.5) is 4.39 Å². The van der Waals surface area contributed by atoms with Gasteiger partial charge in [-0.15, -0.1) is 16.4 Å². The van der Waals surface area contributed by atoms with Crippen molar-refractivity contribution < 1.29 is 9.18 Å². The second-order valence-electron chi connectivity index (χ2n) is 8.99. The third-order valence-electron chi connectivity index (χ3n) is 7.04. The molecule has 2 aliphatic rings. The van der Waals surface area contributed by atoms with Gasteiger partial charge < -0.3 is 10.6 Å². The number of thiophene rings is 1. The number of carbonyl (C=O) groups excluding carboxylic acids is 1. The van der Waals surface area contributed by atoms with Crippen LogP contribution in [-0.4, -0.2) is 43.9 Å². The number of amides is 1. The van der Waals surface area contributed by atoms with Crippen LogP contribution < -0.4 is 5.73 Å². The first-order valence-electron chi connectivity index (χ1n) is 11.2. The van der Waals surface area contributed by atoms with Gasteiger partial charge in [0.15, 0.2) is 0 Å². The molecule has 2 aromatic carbocycles. The van der Waals surface area contributed by atoms with Crippen LogP contribution >= 0.6 is 11.3 Å². The number of aryl methyl sites for hydroxylation is 1. The summed E-state index contributed by atoms with van der Waals surface area (Å²) in [7, 11) is 1.83. The number of rotatable bonds is 3. The maximum Gasteiger partial charge on any atom is 0.264 e. The number of benzene rings is 2. The zero-order valence-corrected chi connectivity index (χ0v) is 19.2. The molecule has 0 spiro atoms. The van der Waals surface area contributed by atoms with Gasteiger partial charge in [-0.05, 0) is 60.7 Å². The number of carbonyl (C=O) groups is 1. The second-order valence-corrected chi connectivity index (χ2v) is 10.0. The maximum absolute atomic E-state index is 14.5. The molecule has 4 aromatic rings. The monoisotopic (exact) mass is 472 g/mol. The Kier molecular flexibility index (Phi) is 4.76. The molecule has 7 nitrogen and oxygen atoms in total. The van der Waals surface area contributed by atoms with E-state index in [-0.39, 0.29) is 29.6 Å². The van der Waals surface area contributed by atoms with Crippen molar-refractivity contribution in [3.05, 3.63) is 58.7 Å². The first kappa shape index (κ1) is 21.0. The Bertz CT molecular complexity index is 1500. The normalized spacial score (nSPS) is 21.4. The molecule has 2 saturated heterocycles. The summed E-state index contributed by atoms with van der Waals surface area (Å²) >= 11 is 1.39. The smallest absolute Gasteiger partial charge is 0.264 e. The summed E-state index contributed by atoms with van der Waals surface area (Å²) in [5, 5.41) is 17.4. The lowest BCUT2D eigenvalue weighted by atomic mass is 9.97. The molecule has 2 aliphatic heterocycles. The van der Waals surface area contributed by atoms with E-state index in [1.54, 1.807) is 10.7 Å². The van der Waals surface area contributed by atoms with Gasteiger partial charge in [-0.1, -0.05) is 17.3 Å². The maximum atomic E-state index is 14.5. The minimum Gasteiger partial charge on any atom is -0.330 e. The fraction of sp³-hybridized carbons (Fsp3) is 0.280. The zero-order valence-electron chi connectivity index (χ0n) is 18.4. The Hall–Kier alpha value is -3.61. The van der Waals surface area contributed by atoms with Gasteiger partial charge in [0.2, 0.25) is 0 Å². The molecule has 0 aliphatic carbocycles. The van der Waals surface area contributed by atoms with E-state index in [0.717, 1.165) is 46.3 Å². The van der Waals surface area contributed by atoms with E-state index in [1.807, 2.05) is 42.3 Å². The highest BCUT2D eigenvalue weighted by atomic mass is 32.1. The van der Waals surface area contributed by atoms with Crippen LogP contribution in [0.1, 0.15) is 34.5 Å². The number of nitrogens with two attached hydrogens (primary N) is 1. The molecule has 34 heavy (non-hydrogen) atoms. The first-order valence-corrected chi connectivity index (χ1v) is 12.0. The summed E-state index contributed by atoms with van der Waals surface area (Å²) in [6.45, 7) is 0. The van der Waals surface area contributed by atoms with E-state index < -0.39 is 5.82 Å². The number of fused-ring (bicyclic) bond motifs is 3. The first-order chi connectivity index (χ1) is 16.4. The summed E-state index contributed by atoms with van der Waals surface area (Å²) in [5.41, 5.74) is 10.1. The Morgan fingerprint density at radius 1 is 1.21 bits per heavy atom. The Labute approximate surface area is 199 Å². The van der Waals surface area contributed by atoms with Crippen molar-refractivity contribution in [2.24, 2.45) is 12.8 Å². The number of nitrogens with zero attached hydrogens (tertiary/aromatic N) is 5. The highest BCUT2D eigenvalue weighted by Gasteiger charge is 2.47. The van der Waals surface area contributed by atoms with Crippen LogP contribution in [0.25, 0.3) is 32.6 Å². The lowest BCUT2D eigenvalue weighted by molar-refractivity contribution is 0.0731. The SMILES string of the molecule is Cn1nnc2cc(-c3sc(C(=O)N4[C@@H]5CC[C@H]4[C@@H](N)C5)cc3-c3ccc(C#N)c(F)c3)ccc21. The van der Waals surface area contributed by atoms with Crippen molar-refractivity contribution in [2.75, 3.05) is 0 Å². The van der Waals surface area contributed by atoms with Crippen LogP contribution in [0.15, 0.2) is 42.5 Å². The van der Waals surface area contributed by atoms with Crippen molar-refractivity contribution in [3.8, 4) is 27.6 Å². The van der Waals surface area contributed by atoms with Gasteiger partial charge >= 0.3 is 0 Å². The minimum atomic E-state index is -0.585. The van der Waals surface area contributed by atoms with Gasteiger partial charge in [0.1, 0.15) is 17.4 Å². The lowest BCUT2D eigenvalue weighted by Crippen LogP contribution is -2.40. The second kappa shape index (κ2) is 7.72. The van der Waals surface area contributed by atoms with E-state index in [4.69, 9.17) is 11.0 Å². The molecule has 2 fully saturated rings. The summed E-state index contributed by atoms with van der Waals surface area (Å²) in [5.74, 6) is -0.606. The average molecular weight is 473 g/mol. The topological polar surface area (TPSA) is 101 Å². The number of hydrogen-bond donors (Lipinski definition) is 1. The summed E-state index contributed by atoms with van der Waals surface area (Å²) < 4.78 is 16.2. The van der Waals surface area contributed by atoms with Crippen LogP contribution in [0.3, 0.4) is 0 Å². The van der Waals surface area contributed by atoms with Crippen LogP contribution in [0, 0.1) is 17.1 Å². The van der Waals surface area contributed by atoms with Gasteiger partial charge in [0.25, 0.3) is 5.91 Å². The van der Waals surface area contributed by atoms with E-state index >= 15 is 0 Å². The molecule has 9 heteroatoms. The van der Waals surface area contributed by atoms with E-state index in [2.05, 4.69) is 10.3 Å². The van der Waals surface area contributed by atoms with Crippen molar-refractivity contribution in [1.82, 2.24) is 19.9 Å². The fourth-order valence-corrected chi connectivity index (χ4v) is 6.48. The van der Waals surface area contributed by atoms with Gasteiger partial charge in [-0.3, -0.25) is 4.79 Å². The molecular weight excluding hydrogens is 451 g/mol. The standard InChI is InChI=1S/C25H21FN6OS/c1-31-22-6-4-14(9-20(22)29-30-31)24-17(13-2-3-15(12-27)18(26)8-13)11-23(34-24)25(33)32-16-5-7-21(32)19(28)10-16/h2-4,6,8-9,11,16,19,21H,5,7,10,28H2,1H3/t16-,19+,21+/m1/s1. The molecule has 3 atom stereocenters. The van der Waals surface area contributed by atoms with Crippen molar-refractivity contribution in [3.63, 3.8) is 0 Å². The van der Waals surface area contributed by atoms with Crippen molar-refractivity contribution in [1.29, 1.82) is 5.26 Å². The van der Waals surface area contributed by atoms with Crippen LogP contribution in [-0.2, 0) is 7.05 Å². The summed E-state index contributed by atoms with van der Waals surface area (Å²) in [6.07, 6.45) is 2.76. The quantitative estimate of drug-likeness (QED) is 0.484. The van der Waals surface area contributed by atoms with E-state index in [0.29, 0.717) is 10.4 Å². The van der Waals surface area contributed by atoms with Gasteiger partial charge in [-0.25, -0.2) is 9.07 Å². The molecule has 2 bridgehead atoms. The summed E-state index contributed by atoms with van der Waals surface area (Å²) in [6, 6.07) is 14.4. The predicted molar refractivity (Wildman–Crippen MR) is 128 cm³/mol. The molecule has 0 unspecified atom stereocenters. The highest BCUT2D eigenvalue weighted by Crippen LogP contribution is 2.43. The molecule has 6 rings (SSSR count). The van der Waals surface area contributed by atoms with Gasteiger partial charge in [0.05, 0.1) is 16.0 Å². The molecular formula is C25H21FN6OS. The summed E-state index contributed by atoms with van der Waals surface area (Å²) in [4.78, 5) is 17.0. The third-order valence-corrected chi connectivity index (χ3v) is 8.21. The Morgan fingerprint density at radius 3 is 2.74 bits per heavy atom. The van der Waals surface area contributed by atoms with E-state index in [9.17, 15) is 9.18 Å². The fourth-order valence-electron chi connectivity index (χ4n) is 5.36. The number of hydrogen-bond acceptors (Lipinski definition) is 6. The molecule has 0 saturated carbocycles. The van der Waals surface area contributed by atoms with Crippen LogP contribution in [0.5, 0.6) is 0 Å². The third kappa shape index (κ3) is 3.14. The number of aromatic nitrogens is 3. The molecule has 170 valence electrons. The Balaban J connectivity index is 1.49. The predicted octanol–water partition coefficient (Wildman–Crippen LogP) is 4.08. The van der Waals surface area contributed by atoms with Crippen molar-refractivity contribution >= 4 is 28.3 Å². The molecule has 1 amide bonds. The zero-order chi connectivity index (χ0) is 23.6. The number of nitriles is 1. The Morgan fingerprint density at radius 2 is 2.03 bits per heavy atom.